The second kappa shape index (κ2) is 12.1. The average molecular weight is 523 g/mol. The zero-order valence-electron chi connectivity index (χ0n) is 16.3. The van der Waals surface area contributed by atoms with Gasteiger partial charge in [-0.25, -0.2) is 0 Å². The zero-order valence-corrected chi connectivity index (χ0v) is 18.6. The molecule has 10 heteroatoms. The second-order valence-electron chi connectivity index (χ2n) is 5.58. The Morgan fingerprint density at radius 1 is 0.966 bits per heavy atom. The number of rotatable bonds is 9. The van der Waals surface area contributed by atoms with Crippen molar-refractivity contribution in [3.05, 3.63) is 42.0 Å². The minimum absolute atomic E-state index is 0. The van der Waals surface area contributed by atoms with Gasteiger partial charge in [0.2, 0.25) is 0 Å². The van der Waals surface area contributed by atoms with E-state index < -0.39 is 6.61 Å². The standard InChI is InChI=1S/C19H23F2N3O4.HI/c1-25-14-7-5-13(11-16(14)27-3)24-19(22)23-9-8-12-4-6-15(26-2)17(10-12)28-18(20)21;/h4-7,10-11,18H,8-9H2,1-3H3,(H3,22,23,24);1H. The van der Waals surface area contributed by atoms with Crippen LogP contribution in [0.5, 0.6) is 23.0 Å². The van der Waals surface area contributed by atoms with Gasteiger partial charge in [-0.2, -0.15) is 8.78 Å². The molecule has 0 aliphatic carbocycles. The summed E-state index contributed by atoms with van der Waals surface area (Å²) in [5, 5.41) is 2.96. The van der Waals surface area contributed by atoms with Crippen molar-refractivity contribution in [1.82, 2.24) is 0 Å². The summed E-state index contributed by atoms with van der Waals surface area (Å²) in [5.74, 6) is 1.59. The third-order valence-electron chi connectivity index (χ3n) is 3.78. The van der Waals surface area contributed by atoms with Crippen molar-refractivity contribution in [1.29, 1.82) is 0 Å². The number of methoxy groups -OCH3 is 3. The van der Waals surface area contributed by atoms with Gasteiger partial charge in [0.1, 0.15) is 0 Å². The third-order valence-corrected chi connectivity index (χ3v) is 3.78. The molecule has 2 aromatic carbocycles. The van der Waals surface area contributed by atoms with Crippen LogP contribution < -0.4 is 30.0 Å². The lowest BCUT2D eigenvalue weighted by Crippen LogP contribution is -2.23. The van der Waals surface area contributed by atoms with Crippen molar-refractivity contribution in [2.24, 2.45) is 10.7 Å². The van der Waals surface area contributed by atoms with E-state index in [2.05, 4.69) is 15.0 Å². The monoisotopic (exact) mass is 523 g/mol. The molecule has 0 unspecified atom stereocenters. The summed E-state index contributed by atoms with van der Waals surface area (Å²) >= 11 is 0. The van der Waals surface area contributed by atoms with Crippen LogP contribution in [0.2, 0.25) is 0 Å². The number of nitrogens with two attached hydrogens (primary N) is 1. The van der Waals surface area contributed by atoms with Crippen LogP contribution in [-0.4, -0.2) is 40.4 Å². The fraction of sp³-hybridized carbons (Fsp3) is 0.316. The number of benzene rings is 2. The Kier molecular flexibility index (Phi) is 10.3. The largest absolute Gasteiger partial charge is 0.493 e. The highest BCUT2D eigenvalue weighted by atomic mass is 127. The van der Waals surface area contributed by atoms with Crippen LogP contribution in [0.15, 0.2) is 41.4 Å². The maximum atomic E-state index is 12.5. The molecule has 0 bridgehead atoms. The van der Waals surface area contributed by atoms with Crippen LogP contribution in [0.1, 0.15) is 5.56 Å². The van der Waals surface area contributed by atoms with E-state index in [-0.39, 0.29) is 41.4 Å². The summed E-state index contributed by atoms with van der Waals surface area (Å²) in [5.41, 5.74) is 7.35. The normalized spacial score (nSPS) is 10.9. The molecule has 2 aromatic rings. The van der Waals surface area contributed by atoms with E-state index >= 15 is 0 Å². The van der Waals surface area contributed by atoms with Gasteiger partial charge in [0, 0.05) is 18.3 Å². The van der Waals surface area contributed by atoms with Crippen molar-refractivity contribution in [3.63, 3.8) is 0 Å². The average Bonchev–Trinajstić information content (AvgIpc) is 2.67. The smallest absolute Gasteiger partial charge is 0.387 e. The predicted octanol–water partition coefficient (Wildman–Crippen LogP) is 3.90. The number of hydrogen-bond donors (Lipinski definition) is 2. The molecule has 7 nitrogen and oxygen atoms in total. The molecule has 160 valence electrons. The van der Waals surface area contributed by atoms with E-state index in [4.69, 9.17) is 19.9 Å². The molecule has 0 saturated carbocycles. The van der Waals surface area contributed by atoms with Gasteiger partial charge in [-0.15, -0.1) is 24.0 Å². The predicted molar refractivity (Wildman–Crippen MR) is 118 cm³/mol. The number of aliphatic imine (C=N–C) groups is 1. The summed E-state index contributed by atoms with van der Waals surface area (Å²) in [7, 11) is 4.48. The van der Waals surface area contributed by atoms with Crippen molar-refractivity contribution in [2.75, 3.05) is 33.2 Å². The Morgan fingerprint density at radius 3 is 2.21 bits per heavy atom. The van der Waals surface area contributed by atoms with Gasteiger partial charge in [-0.05, 0) is 36.2 Å². The van der Waals surface area contributed by atoms with E-state index in [1.807, 2.05) is 0 Å². The van der Waals surface area contributed by atoms with E-state index in [0.29, 0.717) is 30.2 Å². The number of guanidine groups is 1. The first kappa shape index (κ1) is 24.5. The molecule has 0 atom stereocenters. The molecule has 0 amide bonds. The molecule has 2 rings (SSSR count). The Labute approximate surface area is 185 Å². The van der Waals surface area contributed by atoms with Gasteiger partial charge in [0.05, 0.1) is 21.3 Å². The fourth-order valence-electron chi connectivity index (χ4n) is 2.47. The maximum absolute atomic E-state index is 12.5. The Morgan fingerprint density at radius 2 is 1.59 bits per heavy atom. The minimum atomic E-state index is -2.93. The highest BCUT2D eigenvalue weighted by Gasteiger charge is 2.11. The van der Waals surface area contributed by atoms with Gasteiger partial charge in [0.15, 0.2) is 29.0 Å². The Hall–Kier alpha value is -2.50. The number of halogens is 3. The lowest BCUT2D eigenvalue weighted by atomic mass is 10.1. The Balaban J connectivity index is 0.00000420. The van der Waals surface area contributed by atoms with Crippen molar-refractivity contribution in [3.8, 4) is 23.0 Å². The van der Waals surface area contributed by atoms with Crippen LogP contribution in [-0.2, 0) is 6.42 Å². The highest BCUT2D eigenvalue weighted by molar-refractivity contribution is 14.0. The Bertz CT molecular complexity index is 822. The molecule has 3 N–H and O–H groups in total. The summed E-state index contributed by atoms with van der Waals surface area (Å²) < 4.78 is 44.9. The number of anilines is 1. The number of ether oxygens (including phenoxy) is 4. The molecular formula is C19H24F2IN3O4. The molecule has 0 fully saturated rings. The van der Waals surface area contributed by atoms with Crippen molar-refractivity contribution in [2.45, 2.75) is 13.0 Å². The molecule has 0 aromatic heterocycles. The first-order chi connectivity index (χ1) is 13.5. The molecule has 0 spiro atoms. The summed E-state index contributed by atoms with van der Waals surface area (Å²) in [4.78, 5) is 4.24. The van der Waals surface area contributed by atoms with Gasteiger partial charge in [0.25, 0.3) is 0 Å². The maximum Gasteiger partial charge on any atom is 0.387 e. The summed E-state index contributed by atoms with van der Waals surface area (Å²) in [6.45, 7) is -2.57. The van der Waals surface area contributed by atoms with Gasteiger partial charge >= 0.3 is 6.61 Å². The number of nitrogens with zero attached hydrogens (tertiary/aromatic N) is 1. The van der Waals surface area contributed by atoms with Crippen LogP contribution in [0.3, 0.4) is 0 Å². The van der Waals surface area contributed by atoms with E-state index in [9.17, 15) is 8.78 Å². The van der Waals surface area contributed by atoms with Gasteiger partial charge < -0.3 is 30.0 Å². The summed E-state index contributed by atoms with van der Waals surface area (Å²) in [6, 6.07) is 10.1. The first-order valence-electron chi connectivity index (χ1n) is 8.37. The van der Waals surface area contributed by atoms with Gasteiger partial charge in [-0.3, -0.25) is 4.99 Å². The number of hydrogen-bond acceptors (Lipinski definition) is 5. The molecular weight excluding hydrogens is 499 g/mol. The van der Waals surface area contributed by atoms with E-state index in [1.54, 1.807) is 44.6 Å². The van der Waals surface area contributed by atoms with Crippen LogP contribution in [0.25, 0.3) is 0 Å². The molecule has 0 heterocycles. The summed E-state index contributed by atoms with van der Waals surface area (Å²) in [6.07, 6.45) is 0.484. The molecule has 0 saturated heterocycles. The molecule has 29 heavy (non-hydrogen) atoms. The van der Waals surface area contributed by atoms with Gasteiger partial charge in [-0.1, -0.05) is 6.07 Å². The number of nitrogens with one attached hydrogen (secondary N) is 1. The van der Waals surface area contributed by atoms with Crippen LogP contribution in [0.4, 0.5) is 14.5 Å². The minimum Gasteiger partial charge on any atom is -0.493 e. The van der Waals surface area contributed by atoms with Crippen LogP contribution in [0, 0.1) is 0 Å². The second-order valence-corrected chi connectivity index (χ2v) is 5.58. The first-order valence-corrected chi connectivity index (χ1v) is 8.37. The van der Waals surface area contributed by atoms with Crippen LogP contribution >= 0.6 is 24.0 Å². The zero-order chi connectivity index (χ0) is 20.5. The van der Waals surface area contributed by atoms with Crippen molar-refractivity contribution < 1.29 is 27.7 Å². The quantitative estimate of drug-likeness (QED) is 0.295. The number of alkyl halides is 2. The fourth-order valence-corrected chi connectivity index (χ4v) is 2.47. The molecule has 0 aliphatic heterocycles. The topological polar surface area (TPSA) is 87.3 Å². The molecule has 0 radical (unpaired) electrons. The van der Waals surface area contributed by atoms with E-state index in [1.165, 1.54) is 13.2 Å². The highest BCUT2D eigenvalue weighted by Crippen LogP contribution is 2.30. The van der Waals surface area contributed by atoms with E-state index in [0.717, 1.165) is 5.56 Å². The lowest BCUT2D eigenvalue weighted by molar-refractivity contribution is -0.0512. The SMILES string of the molecule is COc1ccc(NC(N)=NCCc2ccc(OC)c(OC(F)F)c2)cc1OC.I. The molecule has 0 aliphatic rings. The third kappa shape index (κ3) is 7.44. The lowest BCUT2D eigenvalue weighted by Gasteiger charge is -2.12. The van der Waals surface area contributed by atoms with Crippen molar-refractivity contribution >= 4 is 35.6 Å².